The van der Waals surface area contributed by atoms with Crippen molar-refractivity contribution in [1.29, 1.82) is 5.26 Å². The molecule has 1 amide bonds. The largest absolute Gasteiger partial charge is 0.418 e. The van der Waals surface area contributed by atoms with Crippen molar-refractivity contribution in [3.05, 3.63) is 28.8 Å². The van der Waals surface area contributed by atoms with Crippen LogP contribution < -0.4 is 5.32 Å². The Bertz CT molecular complexity index is 547. The molecule has 0 aliphatic heterocycles. The maximum atomic E-state index is 12.8. The van der Waals surface area contributed by atoms with E-state index in [0.29, 0.717) is 0 Å². The zero-order valence-electron chi connectivity index (χ0n) is 10.1. The molecule has 0 unspecified atom stereocenters. The number of nitrogens with zero attached hydrogens (tertiary/aromatic N) is 1. The van der Waals surface area contributed by atoms with Crippen LogP contribution in [-0.2, 0) is 11.0 Å². The number of amides is 1. The number of carbonyl (C=O) groups excluding carboxylic acids is 1. The third-order valence-corrected chi connectivity index (χ3v) is 2.72. The number of nitrogens with one attached hydrogen (secondary N) is 1. The van der Waals surface area contributed by atoms with E-state index in [0.717, 1.165) is 12.1 Å². The average Bonchev–Trinajstić information content (AvgIpc) is 2.30. The smallest absolute Gasteiger partial charge is 0.323 e. The molecule has 19 heavy (non-hydrogen) atoms. The van der Waals surface area contributed by atoms with Crippen LogP contribution in [0, 0.1) is 16.7 Å². The van der Waals surface area contributed by atoms with E-state index in [1.165, 1.54) is 19.9 Å². The second-order valence-electron chi connectivity index (χ2n) is 4.35. The normalized spacial score (nSPS) is 11.8. The number of carbonyl (C=O) groups is 1. The van der Waals surface area contributed by atoms with Crippen molar-refractivity contribution >= 4 is 23.2 Å². The summed E-state index contributed by atoms with van der Waals surface area (Å²) in [7, 11) is 0. The average molecular weight is 291 g/mol. The Labute approximate surface area is 113 Å². The van der Waals surface area contributed by atoms with Crippen LogP contribution in [0.4, 0.5) is 18.9 Å². The van der Waals surface area contributed by atoms with Gasteiger partial charge in [-0.05, 0) is 26.0 Å². The minimum atomic E-state index is -4.65. The third-order valence-electron chi connectivity index (χ3n) is 2.40. The molecule has 102 valence electrons. The van der Waals surface area contributed by atoms with Gasteiger partial charge < -0.3 is 5.32 Å². The van der Waals surface area contributed by atoms with Gasteiger partial charge in [-0.2, -0.15) is 18.4 Å². The van der Waals surface area contributed by atoms with Crippen LogP contribution in [0.15, 0.2) is 18.2 Å². The molecule has 0 aliphatic rings. The lowest BCUT2D eigenvalue weighted by atomic mass is 9.94. The molecule has 0 aromatic heterocycles. The molecule has 0 saturated heterocycles. The maximum absolute atomic E-state index is 12.8. The zero-order valence-corrected chi connectivity index (χ0v) is 10.9. The molecular formula is C12H10ClF3N2O. The first kappa shape index (κ1) is 15.3. The van der Waals surface area contributed by atoms with Gasteiger partial charge in [0.25, 0.3) is 0 Å². The molecule has 0 spiro atoms. The standard InChI is InChI=1S/C12H10ClF3N2O/c1-11(2,6-17)10(19)18-9-7(12(14,15)16)4-3-5-8(9)13/h3-5H,1-2H3,(H,18,19). The van der Waals surface area contributed by atoms with E-state index < -0.39 is 28.7 Å². The van der Waals surface area contributed by atoms with E-state index in [-0.39, 0.29) is 5.02 Å². The Hall–Kier alpha value is -1.74. The summed E-state index contributed by atoms with van der Waals surface area (Å²) in [5.41, 5.74) is -3.05. The molecular weight excluding hydrogens is 281 g/mol. The Balaban J connectivity index is 3.23. The van der Waals surface area contributed by atoms with E-state index in [1.54, 1.807) is 6.07 Å². The SMILES string of the molecule is CC(C)(C#N)C(=O)Nc1c(Cl)cccc1C(F)(F)F. The Kier molecular flexibility index (Phi) is 4.11. The number of alkyl halides is 3. The summed E-state index contributed by atoms with van der Waals surface area (Å²) in [6.45, 7) is 2.60. The van der Waals surface area contributed by atoms with E-state index in [9.17, 15) is 18.0 Å². The monoisotopic (exact) mass is 290 g/mol. The Morgan fingerprint density at radius 1 is 1.37 bits per heavy atom. The van der Waals surface area contributed by atoms with Gasteiger partial charge in [-0.3, -0.25) is 4.79 Å². The van der Waals surface area contributed by atoms with E-state index in [2.05, 4.69) is 5.32 Å². The molecule has 3 nitrogen and oxygen atoms in total. The number of hydrogen-bond acceptors (Lipinski definition) is 2. The van der Waals surface area contributed by atoms with E-state index in [4.69, 9.17) is 16.9 Å². The van der Waals surface area contributed by atoms with Crippen LogP contribution in [0.5, 0.6) is 0 Å². The molecule has 1 rings (SSSR count). The van der Waals surface area contributed by atoms with Crippen molar-refractivity contribution in [2.45, 2.75) is 20.0 Å². The van der Waals surface area contributed by atoms with Gasteiger partial charge in [-0.25, -0.2) is 0 Å². The predicted molar refractivity (Wildman–Crippen MR) is 64.5 cm³/mol. The predicted octanol–water partition coefficient (Wildman–Crippen LogP) is 3.85. The van der Waals surface area contributed by atoms with Crippen molar-refractivity contribution in [1.82, 2.24) is 0 Å². The summed E-state index contributed by atoms with van der Waals surface area (Å²) in [4.78, 5) is 11.7. The molecule has 7 heteroatoms. The summed E-state index contributed by atoms with van der Waals surface area (Å²) < 4.78 is 38.3. The second-order valence-corrected chi connectivity index (χ2v) is 4.76. The van der Waals surface area contributed by atoms with Crippen molar-refractivity contribution in [3.63, 3.8) is 0 Å². The lowest BCUT2D eigenvalue weighted by Crippen LogP contribution is -2.30. The summed E-state index contributed by atoms with van der Waals surface area (Å²) in [5, 5.41) is 10.6. The highest BCUT2D eigenvalue weighted by Gasteiger charge is 2.36. The zero-order chi connectivity index (χ0) is 14.8. The summed E-state index contributed by atoms with van der Waals surface area (Å²) in [6.07, 6.45) is -4.65. The van der Waals surface area contributed by atoms with Gasteiger partial charge in [0.1, 0.15) is 5.41 Å². The van der Waals surface area contributed by atoms with E-state index in [1.807, 2.05) is 0 Å². The number of rotatable bonds is 2. The number of anilines is 1. The molecule has 1 aromatic rings. The lowest BCUT2D eigenvalue weighted by molar-refractivity contribution is -0.137. The number of benzene rings is 1. The Morgan fingerprint density at radius 2 is 1.95 bits per heavy atom. The molecule has 0 fully saturated rings. The number of hydrogen-bond donors (Lipinski definition) is 1. The highest BCUT2D eigenvalue weighted by molar-refractivity contribution is 6.34. The first-order valence-electron chi connectivity index (χ1n) is 5.18. The topological polar surface area (TPSA) is 52.9 Å². The Morgan fingerprint density at radius 3 is 2.42 bits per heavy atom. The van der Waals surface area contributed by atoms with Gasteiger partial charge in [0.05, 0.1) is 22.3 Å². The number of halogens is 4. The highest BCUT2D eigenvalue weighted by Crippen LogP contribution is 2.39. The fraction of sp³-hybridized carbons (Fsp3) is 0.333. The molecule has 0 bridgehead atoms. The third kappa shape index (κ3) is 3.38. The molecule has 0 aliphatic carbocycles. The fourth-order valence-corrected chi connectivity index (χ4v) is 1.43. The summed E-state index contributed by atoms with van der Waals surface area (Å²) >= 11 is 5.68. The molecule has 0 atom stereocenters. The minimum absolute atomic E-state index is 0.239. The molecule has 0 saturated carbocycles. The summed E-state index contributed by atoms with van der Waals surface area (Å²) in [5.74, 6) is -0.853. The van der Waals surface area contributed by atoms with Crippen LogP contribution >= 0.6 is 11.6 Å². The van der Waals surface area contributed by atoms with Gasteiger partial charge >= 0.3 is 6.18 Å². The minimum Gasteiger partial charge on any atom is -0.323 e. The quantitative estimate of drug-likeness (QED) is 0.899. The van der Waals surface area contributed by atoms with Gasteiger partial charge in [-0.1, -0.05) is 17.7 Å². The molecule has 0 radical (unpaired) electrons. The van der Waals surface area contributed by atoms with Gasteiger partial charge in [0.2, 0.25) is 5.91 Å². The van der Waals surface area contributed by atoms with Crippen molar-refractivity contribution < 1.29 is 18.0 Å². The highest BCUT2D eigenvalue weighted by atomic mass is 35.5. The molecule has 1 N–H and O–H groups in total. The first-order valence-corrected chi connectivity index (χ1v) is 5.56. The van der Waals surface area contributed by atoms with Crippen LogP contribution in [0.1, 0.15) is 19.4 Å². The second kappa shape index (κ2) is 5.10. The number of nitriles is 1. The first-order chi connectivity index (χ1) is 8.59. The van der Waals surface area contributed by atoms with Gasteiger partial charge in [0.15, 0.2) is 0 Å². The lowest BCUT2D eigenvalue weighted by Gasteiger charge is -2.19. The number of para-hydroxylation sites is 1. The van der Waals surface area contributed by atoms with E-state index >= 15 is 0 Å². The molecule has 0 heterocycles. The fourth-order valence-electron chi connectivity index (χ4n) is 1.21. The van der Waals surface area contributed by atoms with Crippen LogP contribution in [-0.4, -0.2) is 5.91 Å². The van der Waals surface area contributed by atoms with Crippen LogP contribution in [0.25, 0.3) is 0 Å². The van der Waals surface area contributed by atoms with Crippen LogP contribution in [0.2, 0.25) is 5.02 Å². The van der Waals surface area contributed by atoms with Crippen molar-refractivity contribution in [2.24, 2.45) is 5.41 Å². The van der Waals surface area contributed by atoms with Gasteiger partial charge in [-0.15, -0.1) is 0 Å². The van der Waals surface area contributed by atoms with Gasteiger partial charge in [0, 0.05) is 0 Å². The molecule has 1 aromatic carbocycles. The van der Waals surface area contributed by atoms with Crippen LogP contribution in [0.3, 0.4) is 0 Å². The maximum Gasteiger partial charge on any atom is 0.418 e. The van der Waals surface area contributed by atoms with Crippen molar-refractivity contribution in [2.75, 3.05) is 5.32 Å². The summed E-state index contributed by atoms with van der Waals surface area (Å²) in [6, 6.07) is 4.87. The van der Waals surface area contributed by atoms with Crippen molar-refractivity contribution in [3.8, 4) is 6.07 Å².